The van der Waals surface area contributed by atoms with Gasteiger partial charge in [-0.15, -0.1) is 0 Å². The van der Waals surface area contributed by atoms with Crippen molar-refractivity contribution in [2.75, 3.05) is 45.9 Å². The topological polar surface area (TPSA) is 48.9 Å². The summed E-state index contributed by atoms with van der Waals surface area (Å²) in [7, 11) is 0. The first-order valence-electron chi connectivity index (χ1n) is 8.74. The predicted octanol–water partition coefficient (Wildman–Crippen LogP) is 2.36. The third-order valence-corrected chi connectivity index (χ3v) is 4.37. The molecule has 24 heavy (non-hydrogen) atoms. The fourth-order valence-corrected chi connectivity index (χ4v) is 2.89. The Labute approximate surface area is 150 Å². The van der Waals surface area contributed by atoms with Gasteiger partial charge in [0.25, 0.3) is 0 Å². The molecule has 0 aliphatic carbocycles. The van der Waals surface area contributed by atoms with Crippen LogP contribution in [0.15, 0.2) is 29.3 Å². The van der Waals surface area contributed by atoms with Gasteiger partial charge in [0.05, 0.1) is 19.8 Å². The fourth-order valence-electron chi connectivity index (χ4n) is 2.69. The van der Waals surface area contributed by atoms with Crippen LogP contribution in [0.25, 0.3) is 0 Å². The summed E-state index contributed by atoms with van der Waals surface area (Å²) in [6.45, 7) is 11.5. The molecule has 1 aliphatic heterocycles. The van der Waals surface area contributed by atoms with Crippen LogP contribution in [0.2, 0.25) is 5.02 Å². The lowest BCUT2D eigenvalue weighted by Gasteiger charge is -2.29. The number of hydrogen-bond acceptors (Lipinski definition) is 3. The summed E-state index contributed by atoms with van der Waals surface area (Å²) in [6, 6.07) is 7.83. The van der Waals surface area contributed by atoms with Gasteiger partial charge in [0.1, 0.15) is 0 Å². The highest BCUT2D eigenvalue weighted by atomic mass is 35.5. The van der Waals surface area contributed by atoms with Gasteiger partial charge in [-0.3, -0.25) is 4.90 Å². The summed E-state index contributed by atoms with van der Waals surface area (Å²) in [5, 5.41) is 7.49. The van der Waals surface area contributed by atoms with E-state index in [0.29, 0.717) is 12.5 Å². The Bertz CT molecular complexity index is 517. The van der Waals surface area contributed by atoms with Gasteiger partial charge >= 0.3 is 0 Å². The second-order valence-electron chi connectivity index (χ2n) is 6.19. The van der Waals surface area contributed by atoms with Crippen molar-refractivity contribution in [1.82, 2.24) is 15.5 Å². The van der Waals surface area contributed by atoms with Gasteiger partial charge in [-0.1, -0.05) is 36.7 Å². The van der Waals surface area contributed by atoms with E-state index in [0.717, 1.165) is 62.5 Å². The van der Waals surface area contributed by atoms with Gasteiger partial charge in [-0.25, -0.2) is 4.99 Å². The number of guanidine groups is 1. The Morgan fingerprint density at radius 2 is 2.04 bits per heavy atom. The van der Waals surface area contributed by atoms with Gasteiger partial charge in [0.2, 0.25) is 0 Å². The lowest BCUT2D eigenvalue weighted by Crippen LogP contribution is -2.44. The van der Waals surface area contributed by atoms with Gasteiger partial charge in [0, 0.05) is 37.7 Å². The smallest absolute Gasteiger partial charge is 0.191 e. The lowest BCUT2D eigenvalue weighted by atomic mass is 10.1. The van der Waals surface area contributed by atoms with Gasteiger partial charge < -0.3 is 15.4 Å². The van der Waals surface area contributed by atoms with Crippen molar-refractivity contribution in [3.63, 3.8) is 0 Å². The number of morpholine rings is 1. The third-order valence-electron chi connectivity index (χ3n) is 4.00. The molecule has 0 aromatic heterocycles. The molecule has 0 amide bonds. The molecule has 2 N–H and O–H groups in total. The monoisotopic (exact) mass is 352 g/mol. The van der Waals surface area contributed by atoms with Crippen LogP contribution >= 0.6 is 11.6 Å². The first kappa shape index (κ1) is 19.0. The summed E-state index contributed by atoms with van der Waals surface area (Å²) in [5.74, 6) is 1.39. The van der Waals surface area contributed by atoms with Crippen molar-refractivity contribution < 1.29 is 4.74 Å². The Balaban J connectivity index is 1.81. The highest BCUT2D eigenvalue weighted by molar-refractivity contribution is 6.31. The van der Waals surface area contributed by atoms with Gasteiger partial charge in [0.15, 0.2) is 5.96 Å². The van der Waals surface area contributed by atoms with Crippen LogP contribution in [-0.4, -0.2) is 56.8 Å². The number of aliphatic imine (C=N–C) groups is 1. The SMILES string of the molecule is CCNC(=NCc1ccccc1Cl)NCC(C)CN1CCOCC1. The third kappa shape index (κ3) is 6.67. The van der Waals surface area contributed by atoms with E-state index in [9.17, 15) is 0 Å². The van der Waals surface area contributed by atoms with Crippen molar-refractivity contribution >= 4 is 17.6 Å². The average Bonchev–Trinajstić information content (AvgIpc) is 2.59. The van der Waals surface area contributed by atoms with Crippen molar-refractivity contribution in [1.29, 1.82) is 0 Å². The maximum absolute atomic E-state index is 6.19. The Hall–Kier alpha value is -1.30. The summed E-state index contributed by atoms with van der Waals surface area (Å²) in [4.78, 5) is 7.10. The molecular weight excluding hydrogens is 324 g/mol. The van der Waals surface area contributed by atoms with Crippen molar-refractivity contribution in [3.8, 4) is 0 Å². The molecule has 1 saturated heterocycles. The standard InChI is InChI=1S/C18H29ClN4O/c1-3-20-18(22-13-16-6-4-5-7-17(16)19)21-12-15(2)14-23-8-10-24-11-9-23/h4-7,15H,3,8-14H2,1-2H3,(H2,20,21,22). The van der Waals surface area contributed by atoms with E-state index in [4.69, 9.17) is 16.3 Å². The molecule has 1 aromatic carbocycles. The predicted molar refractivity (Wildman–Crippen MR) is 101 cm³/mol. The molecule has 1 atom stereocenters. The maximum Gasteiger partial charge on any atom is 0.191 e. The van der Waals surface area contributed by atoms with Gasteiger partial charge in [-0.05, 0) is 24.5 Å². The van der Waals surface area contributed by atoms with Crippen LogP contribution in [0.5, 0.6) is 0 Å². The minimum atomic E-state index is 0.548. The molecule has 134 valence electrons. The average molecular weight is 353 g/mol. The Morgan fingerprint density at radius 3 is 2.75 bits per heavy atom. The number of nitrogens with one attached hydrogen (secondary N) is 2. The molecular formula is C18H29ClN4O. The number of ether oxygens (including phenoxy) is 1. The van der Waals surface area contributed by atoms with Crippen LogP contribution in [0, 0.1) is 5.92 Å². The molecule has 1 aromatic rings. The molecule has 1 fully saturated rings. The molecule has 2 rings (SSSR count). The van der Waals surface area contributed by atoms with Crippen LogP contribution in [0.4, 0.5) is 0 Å². The second kappa shape index (κ2) is 10.5. The zero-order valence-corrected chi connectivity index (χ0v) is 15.5. The zero-order chi connectivity index (χ0) is 17.2. The zero-order valence-electron chi connectivity index (χ0n) is 14.7. The lowest BCUT2D eigenvalue weighted by molar-refractivity contribution is 0.0320. The molecule has 1 heterocycles. The molecule has 0 spiro atoms. The largest absolute Gasteiger partial charge is 0.379 e. The number of nitrogens with zero attached hydrogens (tertiary/aromatic N) is 2. The fraction of sp³-hybridized carbons (Fsp3) is 0.611. The highest BCUT2D eigenvalue weighted by Gasteiger charge is 2.13. The summed E-state index contributed by atoms with van der Waals surface area (Å²) < 4.78 is 5.40. The number of halogens is 1. The molecule has 0 bridgehead atoms. The van der Waals surface area contributed by atoms with E-state index >= 15 is 0 Å². The van der Waals surface area contributed by atoms with E-state index in [1.807, 2.05) is 24.3 Å². The highest BCUT2D eigenvalue weighted by Crippen LogP contribution is 2.15. The minimum Gasteiger partial charge on any atom is -0.379 e. The van der Waals surface area contributed by atoms with Crippen molar-refractivity contribution in [2.45, 2.75) is 20.4 Å². The van der Waals surface area contributed by atoms with Crippen LogP contribution < -0.4 is 10.6 Å². The first-order chi connectivity index (χ1) is 11.7. The minimum absolute atomic E-state index is 0.548. The maximum atomic E-state index is 6.19. The van der Waals surface area contributed by atoms with E-state index in [1.165, 1.54) is 0 Å². The first-order valence-corrected chi connectivity index (χ1v) is 9.12. The van der Waals surface area contributed by atoms with Crippen LogP contribution in [0.3, 0.4) is 0 Å². The Morgan fingerprint density at radius 1 is 1.29 bits per heavy atom. The molecule has 6 heteroatoms. The normalized spacial score (nSPS) is 17.5. The molecule has 0 saturated carbocycles. The van der Waals surface area contributed by atoms with Crippen molar-refractivity contribution in [2.24, 2.45) is 10.9 Å². The second-order valence-corrected chi connectivity index (χ2v) is 6.59. The summed E-state index contributed by atoms with van der Waals surface area (Å²) in [6.07, 6.45) is 0. The molecule has 5 nitrogen and oxygen atoms in total. The number of hydrogen-bond donors (Lipinski definition) is 2. The van der Waals surface area contributed by atoms with E-state index < -0.39 is 0 Å². The number of benzene rings is 1. The van der Waals surface area contributed by atoms with Crippen molar-refractivity contribution in [3.05, 3.63) is 34.9 Å². The molecule has 0 radical (unpaired) electrons. The van der Waals surface area contributed by atoms with Crippen LogP contribution in [-0.2, 0) is 11.3 Å². The summed E-state index contributed by atoms with van der Waals surface area (Å²) in [5.41, 5.74) is 1.04. The van der Waals surface area contributed by atoms with E-state index in [2.05, 4.69) is 34.4 Å². The van der Waals surface area contributed by atoms with Gasteiger partial charge in [-0.2, -0.15) is 0 Å². The molecule has 1 aliphatic rings. The summed E-state index contributed by atoms with van der Waals surface area (Å²) >= 11 is 6.19. The van der Waals surface area contributed by atoms with Crippen LogP contribution in [0.1, 0.15) is 19.4 Å². The van der Waals surface area contributed by atoms with E-state index in [-0.39, 0.29) is 0 Å². The number of rotatable bonds is 7. The molecule has 1 unspecified atom stereocenters. The van der Waals surface area contributed by atoms with E-state index in [1.54, 1.807) is 0 Å². The Kier molecular flexibility index (Phi) is 8.36. The quantitative estimate of drug-likeness (QED) is 0.584.